The molecule has 2 fully saturated rings. The number of nitrogens with one attached hydrogen (secondary N) is 2. The molecule has 2 rings (SSSR count). The van der Waals surface area contributed by atoms with Crippen molar-refractivity contribution in [3.8, 4) is 0 Å². The van der Waals surface area contributed by atoms with E-state index in [0.29, 0.717) is 6.61 Å². The standard InChI is InChI=1S/C20H40N4O2.HI/c1-2-21-19(23-17-20(9-15-25)10-16-26-18-20)22-11-5-3-6-12-24-13-7-4-8-14-24;/h25H,2-18H2,1H3,(H2,21,22,23);1H. The molecule has 0 aliphatic carbocycles. The van der Waals surface area contributed by atoms with E-state index < -0.39 is 0 Å². The van der Waals surface area contributed by atoms with Gasteiger partial charge in [-0.2, -0.15) is 0 Å². The lowest BCUT2D eigenvalue weighted by Crippen LogP contribution is -2.39. The third-order valence-electron chi connectivity index (χ3n) is 5.64. The van der Waals surface area contributed by atoms with Crippen LogP contribution in [0, 0.1) is 5.41 Å². The van der Waals surface area contributed by atoms with Gasteiger partial charge < -0.3 is 25.4 Å². The molecule has 0 saturated carbocycles. The van der Waals surface area contributed by atoms with Crippen LogP contribution in [-0.2, 0) is 4.74 Å². The third kappa shape index (κ3) is 9.76. The van der Waals surface area contributed by atoms with Crippen molar-refractivity contribution in [2.24, 2.45) is 10.4 Å². The number of hydrogen-bond acceptors (Lipinski definition) is 4. The molecule has 1 unspecified atom stereocenters. The number of halogens is 1. The summed E-state index contributed by atoms with van der Waals surface area (Å²) in [5, 5.41) is 16.1. The van der Waals surface area contributed by atoms with Crippen molar-refractivity contribution in [3.63, 3.8) is 0 Å². The average molecular weight is 496 g/mol. The molecule has 0 aromatic rings. The number of nitrogens with zero attached hydrogens (tertiary/aromatic N) is 2. The summed E-state index contributed by atoms with van der Waals surface area (Å²) in [6.07, 6.45) is 9.69. The zero-order valence-corrected chi connectivity index (χ0v) is 19.5. The van der Waals surface area contributed by atoms with E-state index in [1.807, 2.05) is 0 Å². The fourth-order valence-electron chi connectivity index (χ4n) is 3.90. The van der Waals surface area contributed by atoms with E-state index in [2.05, 4.69) is 22.5 Å². The number of piperidine rings is 1. The van der Waals surface area contributed by atoms with Crippen LogP contribution in [0.3, 0.4) is 0 Å². The quantitative estimate of drug-likeness (QED) is 0.178. The normalized spacial score (nSPS) is 23.9. The second kappa shape index (κ2) is 14.8. The molecule has 0 radical (unpaired) electrons. The molecule has 7 heteroatoms. The highest BCUT2D eigenvalue weighted by Crippen LogP contribution is 2.32. The van der Waals surface area contributed by atoms with Gasteiger partial charge in [0.2, 0.25) is 0 Å². The number of unbranched alkanes of at least 4 members (excludes halogenated alkanes) is 2. The van der Waals surface area contributed by atoms with Gasteiger partial charge in [0.05, 0.1) is 13.2 Å². The molecule has 0 amide bonds. The minimum Gasteiger partial charge on any atom is -0.396 e. The molecule has 2 aliphatic heterocycles. The lowest BCUT2D eigenvalue weighted by atomic mass is 9.84. The second-order valence-electron chi connectivity index (χ2n) is 7.86. The number of hydrogen-bond donors (Lipinski definition) is 3. The van der Waals surface area contributed by atoms with Gasteiger partial charge in [-0.15, -0.1) is 24.0 Å². The highest BCUT2D eigenvalue weighted by atomic mass is 127. The first-order chi connectivity index (χ1) is 12.8. The highest BCUT2D eigenvalue weighted by molar-refractivity contribution is 14.0. The topological polar surface area (TPSA) is 69.1 Å². The van der Waals surface area contributed by atoms with Crippen molar-refractivity contribution < 1.29 is 9.84 Å². The van der Waals surface area contributed by atoms with E-state index in [1.165, 1.54) is 58.2 Å². The molecule has 2 aliphatic rings. The van der Waals surface area contributed by atoms with Crippen LogP contribution in [0.4, 0.5) is 0 Å². The van der Waals surface area contributed by atoms with Crippen LogP contribution in [-0.4, -0.2) is 75.1 Å². The Kier molecular flexibility index (Phi) is 13.7. The maximum atomic E-state index is 9.34. The van der Waals surface area contributed by atoms with Crippen LogP contribution < -0.4 is 10.6 Å². The molecule has 2 saturated heterocycles. The Morgan fingerprint density at radius 1 is 1.15 bits per heavy atom. The van der Waals surface area contributed by atoms with E-state index in [1.54, 1.807) is 0 Å². The van der Waals surface area contributed by atoms with E-state index in [9.17, 15) is 5.11 Å². The Morgan fingerprint density at radius 3 is 2.63 bits per heavy atom. The van der Waals surface area contributed by atoms with Gasteiger partial charge in [-0.3, -0.25) is 4.99 Å². The maximum Gasteiger partial charge on any atom is 0.191 e. The summed E-state index contributed by atoms with van der Waals surface area (Å²) >= 11 is 0. The summed E-state index contributed by atoms with van der Waals surface area (Å²) in [6.45, 7) is 10.2. The van der Waals surface area contributed by atoms with E-state index in [0.717, 1.165) is 45.0 Å². The fraction of sp³-hybridized carbons (Fsp3) is 0.950. The van der Waals surface area contributed by atoms with Crippen LogP contribution >= 0.6 is 24.0 Å². The SMILES string of the molecule is CCNC(=NCC1(CCO)CCOC1)NCCCCCN1CCCCC1.I. The number of aliphatic hydroxyl groups is 1. The monoisotopic (exact) mass is 496 g/mol. The number of aliphatic hydroxyl groups excluding tert-OH is 1. The van der Waals surface area contributed by atoms with Crippen molar-refractivity contribution in [1.29, 1.82) is 0 Å². The van der Waals surface area contributed by atoms with Gasteiger partial charge in [0, 0.05) is 31.7 Å². The van der Waals surface area contributed by atoms with Gasteiger partial charge >= 0.3 is 0 Å². The molecule has 0 spiro atoms. The van der Waals surface area contributed by atoms with E-state index in [-0.39, 0.29) is 36.0 Å². The van der Waals surface area contributed by atoms with Crippen LogP contribution in [0.25, 0.3) is 0 Å². The predicted molar refractivity (Wildman–Crippen MR) is 123 cm³/mol. The minimum atomic E-state index is 0. The van der Waals surface area contributed by atoms with Gasteiger partial charge in [-0.05, 0) is 65.1 Å². The molecule has 6 nitrogen and oxygen atoms in total. The Balaban J connectivity index is 0.00000364. The minimum absolute atomic E-state index is 0. The van der Waals surface area contributed by atoms with Gasteiger partial charge in [0.15, 0.2) is 5.96 Å². The molecule has 27 heavy (non-hydrogen) atoms. The smallest absolute Gasteiger partial charge is 0.191 e. The molecule has 0 aromatic carbocycles. The van der Waals surface area contributed by atoms with Crippen molar-refractivity contribution in [1.82, 2.24) is 15.5 Å². The van der Waals surface area contributed by atoms with E-state index in [4.69, 9.17) is 9.73 Å². The summed E-state index contributed by atoms with van der Waals surface area (Å²) < 4.78 is 5.56. The average Bonchev–Trinajstić information content (AvgIpc) is 3.12. The molecule has 1 atom stereocenters. The number of likely N-dealkylation sites (tertiary alicyclic amines) is 1. The second-order valence-corrected chi connectivity index (χ2v) is 7.86. The zero-order chi connectivity index (χ0) is 18.5. The fourth-order valence-corrected chi connectivity index (χ4v) is 3.90. The highest BCUT2D eigenvalue weighted by Gasteiger charge is 2.34. The first-order valence-corrected chi connectivity index (χ1v) is 10.7. The summed E-state index contributed by atoms with van der Waals surface area (Å²) in [7, 11) is 0. The zero-order valence-electron chi connectivity index (χ0n) is 17.2. The maximum absolute atomic E-state index is 9.34. The molecule has 0 bridgehead atoms. The first-order valence-electron chi connectivity index (χ1n) is 10.7. The number of rotatable bonds is 11. The van der Waals surface area contributed by atoms with Crippen LogP contribution in [0.1, 0.15) is 58.3 Å². The third-order valence-corrected chi connectivity index (χ3v) is 5.64. The lowest BCUT2D eigenvalue weighted by Gasteiger charge is -2.26. The Bertz CT molecular complexity index is 397. The molecule has 0 aromatic heterocycles. The van der Waals surface area contributed by atoms with Gasteiger partial charge in [0.25, 0.3) is 0 Å². The Labute approximate surface area is 182 Å². The van der Waals surface area contributed by atoms with Crippen molar-refractivity contribution in [2.45, 2.75) is 58.3 Å². The van der Waals surface area contributed by atoms with Gasteiger partial charge in [-0.25, -0.2) is 0 Å². The molecule has 3 N–H and O–H groups in total. The lowest BCUT2D eigenvalue weighted by molar-refractivity contribution is 0.131. The van der Waals surface area contributed by atoms with E-state index >= 15 is 0 Å². The summed E-state index contributed by atoms with van der Waals surface area (Å²) in [6, 6.07) is 0. The van der Waals surface area contributed by atoms with Crippen LogP contribution in [0.15, 0.2) is 4.99 Å². The molecular formula is C20H41IN4O2. The Hall–Kier alpha value is -0.120. The van der Waals surface area contributed by atoms with Crippen LogP contribution in [0.5, 0.6) is 0 Å². The van der Waals surface area contributed by atoms with Crippen molar-refractivity contribution in [3.05, 3.63) is 0 Å². The summed E-state index contributed by atoms with van der Waals surface area (Å²) in [5.41, 5.74) is 0.0194. The first kappa shape index (κ1) is 24.9. The number of ether oxygens (including phenoxy) is 1. The summed E-state index contributed by atoms with van der Waals surface area (Å²) in [5.74, 6) is 0.896. The van der Waals surface area contributed by atoms with Crippen molar-refractivity contribution in [2.75, 3.05) is 59.1 Å². The van der Waals surface area contributed by atoms with Gasteiger partial charge in [-0.1, -0.05) is 12.8 Å². The van der Waals surface area contributed by atoms with Crippen LogP contribution in [0.2, 0.25) is 0 Å². The largest absolute Gasteiger partial charge is 0.396 e. The van der Waals surface area contributed by atoms with Crippen molar-refractivity contribution >= 4 is 29.9 Å². The molecule has 2 heterocycles. The summed E-state index contributed by atoms with van der Waals surface area (Å²) in [4.78, 5) is 7.39. The molecule has 160 valence electrons. The number of aliphatic imine (C=N–C) groups is 1. The van der Waals surface area contributed by atoms with Gasteiger partial charge in [0.1, 0.15) is 0 Å². The molecular weight excluding hydrogens is 455 g/mol. The Morgan fingerprint density at radius 2 is 1.96 bits per heavy atom. The number of guanidine groups is 1. The predicted octanol–water partition coefficient (Wildman–Crippen LogP) is 2.60.